The molecule has 0 bridgehead atoms. The van der Waals surface area contributed by atoms with Crippen LogP contribution in [-0.4, -0.2) is 28.3 Å². The van der Waals surface area contributed by atoms with Crippen LogP contribution >= 0.6 is 0 Å². The van der Waals surface area contributed by atoms with Gasteiger partial charge in [0.2, 0.25) is 0 Å². The van der Waals surface area contributed by atoms with Crippen molar-refractivity contribution in [3.8, 4) is 0 Å². The molecule has 1 heterocycles. The number of nitrogens with one attached hydrogen (secondary N) is 2. The van der Waals surface area contributed by atoms with Crippen molar-refractivity contribution in [1.29, 1.82) is 0 Å². The first-order chi connectivity index (χ1) is 7.84. The van der Waals surface area contributed by atoms with Gasteiger partial charge in [-0.3, -0.25) is 5.32 Å². The number of amides is 2. The number of carbonyl (C=O) groups excluding carboxylic acids is 1. The van der Waals surface area contributed by atoms with Crippen LogP contribution in [0.15, 0.2) is 4.42 Å². The lowest BCUT2D eigenvalue weighted by atomic mass is 10.0. The fourth-order valence-corrected chi connectivity index (χ4v) is 1.30. The molecular weight excluding hydrogens is 222 g/mol. The monoisotopic (exact) mass is 241 g/mol. The molecule has 0 atom stereocenters. The molecule has 96 valence electrons. The lowest BCUT2D eigenvalue weighted by Crippen LogP contribution is -2.46. The van der Waals surface area contributed by atoms with E-state index in [1.165, 1.54) is 0 Å². The van der Waals surface area contributed by atoms with Crippen LogP contribution in [-0.2, 0) is 0 Å². The number of hydrogen-bond donors (Lipinski definition) is 3. The molecule has 2 amide bonds. The molecule has 0 aliphatic rings. The van der Waals surface area contributed by atoms with E-state index in [-0.39, 0.29) is 12.6 Å². The Balaban J connectivity index is 2.55. The highest BCUT2D eigenvalue weighted by atomic mass is 16.4. The lowest BCUT2D eigenvalue weighted by molar-refractivity contribution is 0.218. The zero-order valence-corrected chi connectivity index (χ0v) is 10.6. The van der Waals surface area contributed by atoms with Crippen LogP contribution < -0.4 is 10.6 Å². The molecule has 0 aliphatic heterocycles. The summed E-state index contributed by atoms with van der Waals surface area (Å²) in [7, 11) is 0. The molecule has 0 spiro atoms. The number of hydrogen-bond acceptors (Lipinski definition) is 4. The molecule has 0 saturated heterocycles. The van der Waals surface area contributed by atoms with Crippen LogP contribution in [0.1, 0.15) is 31.7 Å². The summed E-state index contributed by atoms with van der Waals surface area (Å²) < 4.78 is 5.23. The number of aliphatic hydroxyl groups excluding tert-OH is 1. The Bertz CT molecular complexity index is 379. The minimum absolute atomic E-state index is 0.0184. The van der Waals surface area contributed by atoms with E-state index >= 15 is 0 Å². The van der Waals surface area contributed by atoms with Crippen molar-refractivity contribution >= 4 is 12.0 Å². The quantitative estimate of drug-likeness (QED) is 0.746. The molecule has 17 heavy (non-hydrogen) atoms. The Morgan fingerprint density at radius 1 is 1.47 bits per heavy atom. The number of urea groups is 1. The second-order valence-electron chi connectivity index (χ2n) is 4.60. The van der Waals surface area contributed by atoms with Gasteiger partial charge >= 0.3 is 12.0 Å². The first-order valence-corrected chi connectivity index (χ1v) is 5.48. The highest BCUT2D eigenvalue weighted by molar-refractivity contribution is 5.87. The molecular formula is C11H19N3O3. The summed E-state index contributed by atoms with van der Waals surface area (Å²) in [5.41, 5.74) is 0.269. The van der Waals surface area contributed by atoms with Gasteiger partial charge in [0, 0.05) is 12.1 Å². The number of rotatable bonds is 4. The van der Waals surface area contributed by atoms with Gasteiger partial charge in [-0.05, 0) is 34.1 Å². The van der Waals surface area contributed by atoms with Crippen molar-refractivity contribution < 1.29 is 14.3 Å². The van der Waals surface area contributed by atoms with E-state index in [0.717, 1.165) is 5.69 Å². The van der Waals surface area contributed by atoms with Gasteiger partial charge in [0.25, 0.3) is 0 Å². The minimum atomic E-state index is -0.477. The number of aromatic nitrogens is 1. The third-order valence-electron chi connectivity index (χ3n) is 2.44. The minimum Gasteiger partial charge on any atom is -0.428 e. The Morgan fingerprint density at radius 2 is 2.12 bits per heavy atom. The second kappa shape index (κ2) is 5.18. The number of aryl methyl sites for hydroxylation is 2. The van der Waals surface area contributed by atoms with Crippen LogP contribution in [0.2, 0.25) is 0 Å². The van der Waals surface area contributed by atoms with E-state index in [1.807, 2.05) is 13.8 Å². The molecule has 6 nitrogen and oxygen atoms in total. The zero-order valence-electron chi connectivity index (χ0n) is 10.6. The predicted octanol–water partition coefficient (Wildman–Crippen LogP) is 1.57. The van der Waals surface area contributed by atoms with Crippen LogP contribution in [0.3, 0.4) is 0 Å². The lowest BCUT2D eigenvalue weighted by Gasteiger charge is -2.24. The fraction of sp³-hybridized carbons (Fsp3) is 0.636. The molecule has 1 rings (SSSR count). The Labute approximate surface area is 100 Å². The summed E-state index contributed by atoms with van der Waals surface area (Å²) >= 11 is 0. The molecule has 6 heteroatoms. The standard InChI is InChI=1S/C11H19N3O3/c1-7-8(2)17-10(12-7)13-9(16)14-11(3,4)5-6-15/h15H,5-6H2,1-4H3,(H2,12,13,14,16). The van der Waals surface area contributed by atoms with E-state index in [2.05, 4.69) is 15.6 Å². The molecule has 0 saturated carbocycles. The summed E-state index contributed by atoms with van der Waals surface area (Å²) in [4.78, 5) is 15.7. The predicted molar refractivity (Wildman–Crippen MR) is 63.9 cm³/mol. The highest BCUT2D eigenvalue weighted by Gasteiger charge is 2.20. The van der Waals surface area contributed by atoms with Crippen LogP contribution in [0.25, 0.3) is 0 Å². The first kappa shape index (κ1) is 13.5. The van der Waals surface area contributed by atoms with Gasteiger partial charge in [-0.2, -0.15) is 4.98 Å². The van der Waals surface area contributed by atoms with E-state index in [1.54, 1.807) is 13.8 Å². The van der Waals surface area contributed by atoms with Gasteiger partial charge in [-0.25, -0.2) is 4.79 Å². The summed E-state index contributed by atoms with van der Waals surface area (Å²) in [6.07, 6.45) is 0.476. The highest BCUT2D eigenvalue weighted by Crippen LogP contribution is 2.13. The smallest absolute Gasteiger partial charge is 0.323 e. The maximum Gasteiger partial charge on any atom is 0.323 e. The van der Waals surface area contributed by atoms with Crippen molar-refractivity contribution in [2.24, 2.45) is 0 Å². The van der Waals surface area contributed by atoms with Crippen LogP contribution in [0, 0.1) is 13.8 Å². The van der Waals surface area contributed by atoms with Crippen molar-refractivity contribution in [2.45, 2.75) is 39.7 Å². The third kappa shape index (κ3) is 4.07. The summed E-state index contributed by atoms with van der Waals surface area (Å²) in [6, 6.07) is -0.220. The average Bonchev–Trinajstić information content (AvgIpc) is 2.43. The topological polar surface area (TPSA) is 87.4 Å². The number of aliphatic hydroxyl groups is 1. The van der Waals surface area contributed by atoms with Gasteiger partial charge in [-0.15, -0.1) is 0 Å². The van der Waals surface area contributed by atoms with Crippen molar-refractivity contribution in [3.63, 3.8) is 0 Å². The molecule has 1 aromatic rings. The van der Waals surface area contributed by atoms with E-state index < -0.39 is 11.6 Å². The number of oxazole rings is 1. The maximum absolute atomic E-state index is 11.6. The second-order valence-corrected chi connectivity index (χ2v) is 4.60. The summed E-state index contributed by atoms with van der Waals surface area (Å²) in [6.45, 7) is 7.26. The van der Waals surface area contributed by atoms with Gasteiger partial charge in [0.05, 0.1) is 5.69 Å². The largest absolute Gasteiger partial charge is 0.428 e. The average molecular weight is 241 g/mol. The van der Waals surface area contributed by atoms with E-state index in [4.69, 9.17) is 9.52 Å². The fourth-order valence-electron chi connectivity index (χ4n) is 1.30. The Morgan fingerprint density at radius 3 is 2.59 bits per heavy atom. The third-order valence-corrected chi connectivity index (χ3v) is 2.44. The van der Waals surface area contributed by atoms with Gasteiger partial charge in [-0.1, -0.05) is 0 Å². The molecule has 0 aliphatic carbocycles. The van der Waals surface area contributed by atoms with Crippen LogP contribution in [0.5, 0.6) is 0 Å². The van der Waals surface area contributed by atoms with E-state index in [0.29, 0.717) is 12.2 Å². The van der Waals surface area contributed by atoms with Gasteiger partial charge in [0.15, 0.2) is 0 Å². The molecule has 0 fully saturated rings. The summed E-state index contributed by atoms with van der Waals surface area (Å²) in [5, 5.41) is 14.1. The molecule has 0 unspecified atom stereocenters. The van der Waals surface area contributed by atoms with Crippen molar-refractivity contribution in [1.82, 2.24) is 10.3 Å². The Hall–Kier alpha value is -1.56. The van der Waals surface area contributed by atoms with Crippen molar-refractivity contribution in [2.75, 3.05) is 11.9 Å². The molecule has 1 aromatic heterocycles. The first-order valence-electron chi connectivity index (χ1n) is 5.48. The zero-order chi connectivity index (χ0) is 13.1. The normalized spacial score (nSPS) is 11.4. The maximum atomic E-state index is 11.6. The number of carbonyl (C=O) groups is 1. The van der Waals surface area contributed by atoms with Crippen molar-refractivity contribution in [3.05, 3.63) is 11.5 Å². The molecule has 0 radical (unpaired) electrons. The van der Waals surface area contributed by atoms with Gasteiger partial charge < -0.3 is 14.8 Å². The number of nitrogens with zero attached hydrogens (tertiary/aromatic N) is 1. The van der Waals surface area contributed by atoms with Crippen LogP contribution in [0.4, 0.5) is 10.8 Å². The SMILES string of the molecule is Cc1nc(NC(=O)NC(C)(C)CCO)oc1C. The Kier molecular flexibility index (Phi) is 4.11. The molecule has 3 N–H and O–H groups in total. The summed E-state index contributed by atoms with van der Waals surface area (Å²) in [5.74, 6) is 0.676. The van der Waals surface area contributed by atoms with Gasteiger partial charge in [0.1, 0.15) is 5.76 Å². The van der Waals surface area contributed by atoms with E-state index in [9.17, 15) is 4.79 Å². The molecule has 0 aromatic carbocycles. The number of anilines is 1.